The van der Waals surface area contributed by atoms with Crippen molar-refractivity contribution in [2.24, 2.45) is 11.7 Å². The van der Waals surface area contributed by atoms with Crippen molar-refractivity contribution >= 4 is 34.9 Å². The highest BCUT2D eigenvalue weighted by molar-refractivity contribution is 6.37. The Labute approximate surface area is 181 Å². The van der Waals surface area contributed by atoms with Gasteiger partial charge in [0.1, 0.15) is 6.04 Å². The number of carbonyl (C=O) groups is 4. The summed E-state index contributed by atoms with van der Waals surface area (Å²) in [5.74, 6) is -3.06. The van der Waals surface area contributed by atoms with E-state index in [1.165, 1.54) is 21.0 Å². The number of benzene rings is 1. The Morgan fingerprint density at radius 3 is 2.06 bits per heavy atom. The molecular formula is C22H30N4O5. The third kappa shape index (κ3) is 4.07. The highest BCUT2D eigenvalue weighted by Crippen LogP contribution is 2.34. The summed E-state index contributed by atoms with van der Waals surface area (Å²) in [5, 5.41) is 12.8. The third-order valence-corrected chi connectivity index (χ3v) is 6.31. The van der Waals surface area contributed by atoms with Crippen LogP contribution in [0.5, 0.6) is 0 Å². The van der Waals surface area contributed by atoms with Crippen molar-refractivity contribution in [1.82, 2.24) is 5.32 Å². The van der Waals surface area contributed by atoms with Gasteiger partial charge in [0.2, 0.25) is 11.4 Å². The number of rotatable bonds is 6. The first-order chi connectivity index (χ1) is 14.6. The van der Waals surface area contributed by atoms with Crippen LogP contribution >= 0.6 is 0 Å². The SMILES string of the molecule is C[C@@H](O)[C@H](NC(=O)CC1CCCC1)C(=O)C1(N)C(=O)N(C)c2ccccc2N(C)C1=O. The quantitative estimate of drug-likeness (QED) is 0.558. The highest BCUT2D eigenvalue weighted by Gasteiger charge is 2.57. The molecule has 3 amide bonds. The van der Waals surface area contributed by atoms with Gasteiger partial charge < -0.3 is 26.0 Å². The smallest absolute Gasteiger partial charge is 0.264 e. The minimum atomic E-state index is -2.59. The first-order valence-electron chi connectivity index (χ1n) is 10.5. The predicted molar refractivity (Wildman–Crippen MR) is 115 cm³/mol. The molecule has 0 aromatic heterocycles. The van der Waals surface area contributed by atoms with Crippen molar-refractivity contribution in [2.45, 2.75) is 56.7 Å². The molecule has 9 heteroatoms. The summed E-state index contributed by atoms with van der Waals surface area (Å²) in [6.07, 6.45) is 2.87. The van der Waals surface area contributed by atoms with Gasteiger partial charge in [-0.2, -0.15) is 0 Å². The van der Waals surface area contributed by atoms with Crippen LogP contribution in [0, 0.1) is 5.92 Å². The maximum atomic E-state index is 13.5. The molecule has 0 unspecified atom stereocenters. The summed E-state index contributed by atoms with van der Waals surface area (Å²) in [6, 6.07) is 5.20. The zero-order chi connectivity index (χ0) is 22.9. The summed E-state index contributed by atoms with van der Waals surface area (Å²) in [4.78, 5) is 54.8. The van der Waals surface area contributed by atoms with Crippen LogP contribution < -0.4 is 20.9 Å². The standard InChI is InChI=1S/C22H30N4O5/c1-13(27)18(24-17(28)12-14-8-4-5-9-14)19(29)22(23)20(30)25(2)15-10-6-7-11-16(15)26(3)21(22)31/h6-7,10-11,13-14,18,27H,4-5,8-9,12,23H2,1-3H3,(H,24,28)/t13-,18+/m1/s1. The lowest BCUT2D eigenvalue weighted by Gasteiger charge is -2.32. The molecule has 168 valence electrons. The Morgan fingerprint density at radius 1 is 1.13 bits per heavy atom. The van der Waals surface area contributed by atoms with Crippen molar-refractivity contribution in [3.8, 4) is 0 Å². The van der Waals surface area contributed by atoms with Gasteiger partial charge in [-0.15, -0.1) is 0 Å². The van der Waals surface area contributed by atoms with Gasteiger partial charge in [-0.05, 0) is 37.8 Å². The Bertz CT molecular complexity index is 853. The Kier molecular flexibility index (Phi) is 6.47. The van der Waals surface area contributed by atoms with E-state index in [0.717, 1.165) is 35.5 Å². The van der Waals surface area contributed by atoms with Crippen LogP contribution in [-0.4, -0.2) is 60.4 Å². The topological polar surface area (TPSA) is 133 Å². The number of likely N-dealkylation sites (N-methyl/N-ethyl adjacent to an activating group) is 2. The maximum Gasteiger partial charge on any atom is 0.264 e. The number of nitrogens with one attached hydrogen (secondary N) is 1. The molecule has 9 nitrogen and oxygen atoms in total. The summed E-state index contributed by atoms with van der Waals surface area (Å²) in [5.41, 5.74) is 4.48. The summed E-state index contributed by atoms with van der Waals surface area (Å²) < 4.78 is 0. The minimum absolute atomic E-state index is 0.223. The van der Waals surface area contributed by atoms with E-state index in [2.05, 4.69) is 5.32 Å². The third-order valence-electron chi connectivity index (χ3n) is 6.31. The molecule has 0 bridgehead atoms. The number of nitrogens with two attached hydrogens (primary N) is 1. The molecule has 0 radical (unpaired) electrons. The number of aliphatic hydroxyl groups excluding tert-OH is 1. The number of nitrogens with zero attached hydrogens (tertiary/aromatic N) is 2. The Morgan fingerprint density at radius 2 is 1.61 bits per heavy atom. The van der Waals surface area contributed by atoms with Crippen molar-refractivity contribution in [3.63, 3.8) is 0 Å². The molecular weight excluding hydrogens is 400 g/mol. The molecule has 1 saturated carbocycles. The summed E-state index contributed by atoms with van der Waals surface area (Å²) in [6.45, 7) is 1.32. The van der Waals surface area contributed by atoms with Gasteiger partial charge in [0.15, 0.2) is 5.78 Å². The van der Waals surface area contributed by atoms with E-state index in [9.17, 15) is 24.3 Å². The van der Waals surface area contributed by atoms with E-state index in [1.807, 2.05) is 0 Å². The molecule has 1 aromatic rings. The molecule has 1 aliphatic carbocycles. The van der Waals surface area contributed by atoms with Gasteiger partial charge in [-0.3, -0.25) is 19.2 Å². The fourth-order valence-electron chi connectivity index (χ4n) is 4.44. The summed E-state index contributed by atoms with van der Waals surface area (Å²) >= 11 is 0. The van der Waals surface area contributed by atoms with Crippen LogP contribution in [0.15, 0.2) is 24.3 Å². The second-order valence-electron chi connectivity index (χ2n) is 8.53. The lowest BCUT2D eigenvalue weighted by atomic mass is 9.85. The number of fused-ring (bicyclic) bond motifs is 1. The molecule has 1 heterocycles. The molecule has 1 aliphatic heterocycles. The lowest BCUT2D eigenvalue weighted by Crippen LogP contribution is -2.72. The van der Waals surface area contributed by atoms with E-state index >= 15 is 0 Å². The second kappa shape index (κ2) is 8.76. The number of amides is 3. The Balaban J connectivity index is 1.91. The zero-order valence-electron chi connectivity index (χ0n) is 18.1. The van der Waals surface area contributed by atoms with Crippen LogP contribution in [0.25, 0.3) is 0 Å². The van der Waals surface area contributed by atoms with Gasteiger partial charge in [0, 0.05) is 20.5 Å². The van der Waals surface area contributed by atoms with E-state index in [0.29, 0.717) is 11.4 Å². The number of hydrogen-bond acceptors (Lipinski definition) is 6. The van der Waals surface area contributed by atoms with Crippen LogP contribution in [0.4, 0.5) is 11.4 Å². The maximum absolute atomic E-state index is 13.5. The summed E-state index contributed by atoms with van der Waals surface area (Å²) in [7, 11) is 2.86. The molecule has 4 N–H and O–H groups in total. The van der Waals surface area contributed by atoms with Crippen LogP contribution in [0.2, 0.25) is 0 Å². The average molecular weight is 431 g/mol. The molecule has 2 aliphatic rings. The minimum Gasteiger partial charge on any atom is -0.391 e. The fraction of sp³-hybridized carbons (Fsp3) is 0.545. The number of para-hydroxylation sites is 2. The number of ketones is 1. The van der Waals surface area contributed by atoms with E-state index < -0.39 is 41.2 Å². The normalized spacial score (nSPS) is 20.8. The number of carbonyl (C=O) groups excluding carboxylic acids is 4. The molecule has 0 spiro atoms. The predicted octanol–water partition coefficient (Wildman–Crippen LogP) is 0.338. The van der Waals surface area contributed by atoms with Crippen molar-refractivity contribution < 1.29 is 24.3 Å². The number of hydrogen-bond donors (Lipinski definition) is 3. The molecule has 1 aromatic carbocycles. The molecule has 3 rings (SSSR count). The molecule has 0 saturated heterocycles. The molecule has 1 fully saturated rings. The average Bonchev–Trinajstić information content (AvgIpc) is 3.25. The van der Waals surface area contributed by atoms with Gasteiger partial charge in [-0.25, -0.2) is 0 Å². The van der Waals surface area contributed by atoms with Crippen molar-refractivity contribution in [2.75, 3.05) is 23.9 Å². The number of aliphatic hydroxyl groups is 1. The molecule has 31 heavy (non-hydrogen) atoms. The fourth-order valence-corrected chi connectivity index (χ4v) is 4.44. The first-order valence-corrected chi connectivity index (χ1v) is 10.5. The van der Waals surface area contributed by atoms with Crippen LogP contribution in [0.1, 0.15) is 39.0 Å². The van der Waals surface area contributed by atoms with E-state index in [1.54, 1.807) is 24.3 Å². The van der Waals surface area contributed by atoms with Crippen LogP contribution in [0.3, 0.4) is 0 Å². The second-order valence-corrected chi connectivity index (χ2v) is 8.53. The van der Waals surface area contributed by atoms with E-state index in [4.69, 9.17) is 5.73 Å². The Hall–Kier alpha value is -2.78. The van der Waals surface area contributed by atoms with E-state index in [-0.39, 0.29) is 12.3 Å². The number of anilines is 2. The zero-order valence-corrected chi connectivity index (χ0v) is 18.1. The largest absolute Gasteiger partial charge is 0.391 e. The molecule has 2 atom stereocenters. The van der Waals surface area contributed by atoms with Crippen LogP contribution in [-0.2, 0) is 19.2 Å². The van der Waals surface area contributed by atoms with Gasteiger partial charge in [0.25, 0.3) is 11.8 Å². The van der Waals surface area contributed by atoms with Gasteiger partial charge in [0.05, 0.1) is 17.5 Å². The monoisotopic (exact) mass is 430 g/mol. The van der Waals surface area contributed by atoms with Gasteiger partial charge >= 0.3 is 0 Å². The lowest BCUT2D eigenvalue weighted by molar-refractivity contribution is -0.145. The first kappa shape index (κ1) is 22.9. The van der Waals surface area contributed by atoms with Crippen molar-refractivity contribution in [1.29, 1.82) is 0 Å². The van der Waals surface area contributed by atoms with Crippen molar-refractivity contribution in [3.05, 3.63) is 24.3 Å². The van der Waals surface area contributed by atoms with Gasteiger partial charge in [-0.1, -0.05) is 25.0 Å². The highest BCUT2D eigenvalue weighted by atomic mass is 16.3. The number of Topliss-reactive ketones (excluding diaryl/α,β-unsaturated/α-hetero) is 1.